The number of ether oxygens (including phenoxy) is 1. The van der Waals surface area contributed by atoms with Gasteiger partial charge in [-0.3, -0.25) is 4.79 Å². The summed E-state index contributed by atoms with van der Waals surface area (Å²) in [5, 5.41) is 0. The topological polar surface area (TPSA) is 26.3 Å². The van der Waals surface area contributed by atoms with Gasteiger partial charge in [-0.05, 0) is 38.5 Å². The van der Waals surface area contributed by atoms with E-state index in [2.05, 4.69) is 6.92 Å². The Balaban J connectivity index is 2.28. The van der Waals surface area contributed by atoms with Crippen molar-refractivity contribution in [2.75, 3.05) is 6.61 Å². The molecule has 0 saturated heterocycles. The summed E-state index contributed by atoms with van der Waals surface area (Å²) in [4.78, 5) is 11.4. The molecule has 0 unspecified atom stereocenters. The van der Waals surface area contributed by atoms with Crippen molar-refractivity contribution in [1.82, 2.24) is 0 Å². The zero-order chi connectivity index (χ0) is 9.68. The molecular weight excluding hydrogens is 164 g/mol. The van der Waals surface area contributed by atoms with Gasteiger partial charge in [0.15, 0.2) is 0 Å². The van der Waals surface area contributed by atoms with Gasteiger partial charge in [0.05, 0.1) is 12.5 Å². The minimum Gasteiger partial charge on any atom is -0.466 e. The summed E-state index contributed by atoms with van der Waals surface area (Å²) in [6, 6.07) is 0. The molecule has 1 aliphatic carbocycles. The maximum Gasteiger partial charge on any atom is 0.308 e. The summed E-state index contributed by atoms with van der Waals surface area (Å²) in [6.07, 6.45) is 5.75. The van der Waals surface area contributed by atoms with Crippen LogP contribution in [0.4, 0.5) is 0 Å². The molecule has 2 heteroatoms. The molecule has 0 aromatic heterocycles. The first-order chi connectivity index (χ1) is 6.27. The van der Waals surface area contributed by atoms with Gasteiger partial charge in [0.1, 0.15) is 0 Å². The molecule has 1 saturated carbocycles. The third-order valence-corrected chi connectivity index (χ3v) is 3.04. The first-order valence-electron chi connectivity index (χ1n) is 5.44. The fourth-order valence-electron chi connectivity index (χ4n) is 2.07. The van der Waals surface area contributed by atoms with E-state index in [0.717, 1.165) is 18.8 Å². The summed E-state index contributed by atoms with van der Waals surface area (Å²) in [6.45, 7) is 4.62. The number of esters is 1. The Kier molecular flexibility index (Phi) is 4.26. The molecule has 0 aromatic carbocycles. The molecule has 0 bridgehead atoms. The van der Waals surface area contributed by atoms with Crippen molar-refractivity contribution in [2.45, 2.75) is 46.0 Å². The number of carbonyl (C=O) groups is 1. The van der Waals surface area contributed by atoms with E-state index in [9.17, 15) is 4.79 Å². The molecule has 1 fully saturated rings. The van der Waals surface area contributed by atoms with E-state index in [-0.39, 0.29) is 11.9 Å². The lowest BCUT2D eigenvalue weighted by Gasteiger charge is -2.26. The van der Waals surface area contributed by atoms with Gasteiger partial charge in [-0.15, -0.1) is 0 Å². The highest BCUT2D eigenvalue weighted by Crippen LogP contribution is 2.31. The minimum atomic E-state index is 0.0250. The summed E-state index contributed by atoms with van der Waals surface area (Å²) >= 11 is 0. The zero-order valence-electron chi connectivity index (χ0n) is 8.71. The highest BCUT2D eigenvalue weighted by molar-refractivity contribution is 5.72. The van der Waals surface area contributed by atoms with Crippen molar-refractivity contribution in [3.8, 4) is 0 Å². The van der Waals surface area contributed by atoms with Crippen molar-refractivity contribution < 1.29 is 9.53 Å². The van der Waals surface area contributed by atoms with E-state index in [1.54, 1.807) is 0 Å². The monoisotopic (exact) mass is 184 g/mol. The number of hydrogen-bond acceptors (Lipinski definition) is 2. The SMILES string of the molecule is CCOC(=O)C1CCC(CC)CC1. The van der Waals surface area contributed by atoms with Crippen molar-refractivity contribution in [3.63, 3.8) is 0 Å². The minimum absolute atomic E-state index is 0.0250. The second kappa shape index (κ2) is 5.25. The van der Waals surface area contributed by atoms with Crippen molar-refractivity contribution in [3.05, 3.63) is 0 Å². The fourth-order valence-corrected chi connectivity index (χ4v) is 2.07. The van der Waals surface area contributed by atoms with Crippen LogP contribution in [0.1, 0.15) is 46.0 Å². The van der Waals surface area contributed by atoms with E-state index >= 15 is 0 Å². The molecule has 0 N–H and O–H groups in total. The van der Waals surface area contributed by atoms with Crippen LogP contribution in [0.15, 0.2) is 0 Å². The lowest BCUT2D eigenvalue weighted by Crippen LogP contribution is -2.23. The number of carbonyl (C=O) groups excluding carboxylic acids is 1. The van der Waals surface area contributed by atoms with Gasteiger partial charge in [-0.2, -0.15) is 0 Å². The second-order valence-electron chi connectivity index (χ2n) is 3.88. The summed E-state index contributed by atoms with van der Waals surface area (Å²) < 4.78 is 5.01. The van der Waals surface area contributed by atoms with E-state index in [1.807, 2.05) is 6.92 Å². The molecule has 0 amide bonds. The average Bonchev–Trinajstić information content (AvgIpc) is 2.18. The third-order valence-electron chi connectivity index (χ3n) is 3.04. The van der Waals surface area contributed by atoms with Crippen LogP contribution in [0.3, 0.4) is 0 Å². The molecule has 0 heterocycles. The van der Waals surface area contributed by atoms with E-state index in [4.69, 9.17) is 4.74 Å². The van der Waals surface area contributed by atoms with Crippen LogP contribution in [-0.2, 0) is 9.53 Å². The summed E-state index contributed by atoms with van der Waals surface area (Å²) in [5.41, 5.74) is 0. The van der Waals surface area contributed by atoms with Gasteiger partial charge in [-0.1, -0.05) is 13.3 Å². The van der Waals surface area contributed by atoms with Crippen molar-refractivity contribution in [2.24, 2.45) is 11.8 Å². The van der Waals surface area contributed by atoms with E-state index < -0.39 is 0 Å². The van der Waals surface area contributed by atoms with E-state index in [1.165, 1.54) is 19.3 Å². The molecule has 0 aliphatic heterocycles. The molecular formula is C11H20O2. The molecule has 0 spiro atoms. The lowest BCUT2D eigenvalue weighted by atomic mass is 9.81. The fraction of sp³-hybridized carbons (Fsp3) is 0.909. The van der Waals surface area contributed by atoms with Gasteiger partial charge >= 0.3 is 5.97 Å². The van der Waals surface area contributed by atoms with Gasteiger partial charge in [0.25, 0.3) is 0 Å². The highest BCUT2D eigenvalue weighted by atomic mass is 16.5. The largest absolute Gasteiger partial charge is 0.466 e. The Morgan fingerprint density at radius 2 is 1.85 bits per heavy atom. The number of rotatable bonds is 3. The first kappa shape index (κ1) is 10.6. The Hall–Kier alpha value is -0.530. The summed E-state index contributed by atoms with van der Waals surface area (Å²) in [5.74, 6) is 1.07. The van der Waals surface area contributed by atoms with Crippen LogP contribution in [0.2, 0.25) is 0 Å². The molecule has 1 rings (SSSR count). The van der Waals surface area contributed by atoms with Crippen LogP contribution < -0.4 is 0 Å². The smallest absolute Gasteiger partial charge is 0.308 e. The molecule has 0 aromatic rings. The zero-order valence-corrected chi connectivity index (χ0v) is 8.71. The average molecular weight is 184 g/mol. The lowest BCUT2D eigenvalue weighted by molar-refractivity contribution is -0.149. The molecule has 2 nitrogen and oxygen atoms in total. The van der Waals surface area contributed by atoms with Crippen LogP contribution >= 0.6 is 0 Å². The molecule has 1 aliphatic rings. The van der Waals surface area contributed by atoms with Crippen LogP contribution in [0.5, 0.6) is 0 Å². The highest BCUT2D eigenvalue weighted by Gasteiger charge is 2.25. The maximum absolute atomic E-state index is 11.4. The van der Waals surface area contributed by atoms with Crippen LogP contribution in [0.25, 0.3) is 0 Å². The van der Waals surface area contributed by atoms with Crippen LogP contribution in [-0.4, -0.2) is 12.6 Å². The predicted octanol–water partition coefficient (Wildman–Crippen LogP) is 2.77. The standard InChI is InChI=1S/C11H20O2/c1-3-9-5-7-10(8-6-9)11(12)13-4-2/h9-10H,3-8H2,1-2H3. The van der Waals surface area contributed by atoms with Gasteiger partial charge in [-0.25, -0.2) is 0 Å². The molecule has 0 radical (unpaired) electrons. The summed E-state index contributed by atoms with van der Waals surface area (Å²) in [7, 11) is 0. The predicted molar refractivity (Wildman–Crippen MR) is 52.4 cm³/mol. The first-order valence-corrected chi connectivity index (χ1v) is 5.44. The Bertz CT molecular complexity index is 157. The molecule has 76 valence electrons. The van der Waals surface area contributed by atoms with E-state index in [0.29, 0.717) is 6.61 Å². The van der Waals surface area contributed by atoms with Gasteiger partial charge < -0.3 is 4.74 Å². The Morgan fingerprint density at radius 1 is 1.23 bits per heavy atom. The molecule has 0 atom stereocenters. The van der Waals surface area contributed by atoms with Crippen molar-refractivity contribution >= 4 is 5.97 Å². The normalized spacial score (nSPS) is 28.5. The Morgan fingerprint density at radius 3 is 2.31 bits per heavy atom. The quantitative estimate of drug-likeness (QED) is 0.630. The molecule has 13 heavy (non-hydrogen) atoms. The second-order valence-corrected chi connectivity index (χ2v) is 3.88. The Labute approximate surface area is 80.7 Å². The van der Waals surface area contributed by atoms with Gasteiger partial charge in [0, 0.05) is 0 Å². The maximum atomic E-state index is 11.4. The van der Waals surface area contributed by atoms with Crippen molar-refractivity contribution in [1.29, 1.82) is 0 Å². The third kappa shape index (κ3) is 3.02. The van der Waals surface area contributed by atoms with Gasteiger partial charge in [0.2, 0.25) is 0 Å². The van der Waals surface area contributed by atoms with Crippen LogP contribution in [0, 0.1) is 11.8 Å². The number of hydrogen-bond donors (Lipinski definition) is 0.